The monoisotopic (exact) mass is 470 g/mol. The highest BCUT2D eigenvalue weighted by molar-refractivity contribution is 14.0. The first-order valence-electron chi connectivity index (χ1n) is 8.91. The summed E-state index contributed by atoms with van der Waals surface area (Å²) in [5.41, 5.74) is 2.58. The molecular weight excluding hydrogens is 439 g/mol. The van der Waals surface area contributed by atoms with Gasteiger partial charge >= 0.3 is 0 Å². The summed E-state index contributed by atoms with van der Waals surface area (Å²) < 4.78 is 5.79. The lowest BCUT2D eigenvalue weighted by Gasteiger charge is -2.13. The fourth-order valence-corrected chi connectivity index (χ4v) is 2.41. The Balaban J connectivity index is 0.00000338. The summed E-state index contributed by atoms with van der Waals surface area (Å²) >= 11 is 0. The van der Waals surface area contributed by atoms with Crippen LogP contribution in [0.15, 0.2) is 39.9 Å². The summed E-state index contributed by atoms with van der Waals surface area (Å²) in [5, 5.41) is 6.62. The number of oxazole rings is 1. The van der Waals surface area contributed by atoms with Crippen LogP contribution in [0.4, 0.5) is 0 Å². The van der Waals surface area contributed by atoms with E-state index < -0.39 is 0 Å². The minimum atomic E-state index is -0.0362. The molecule has 6 heteroatoms. The van der Waals surface area contributed by atoms with Gasteiger partial charge in [-0.1, -0.05) is 50.6 Å². The summed E-state index contributed by atoms with van der Waals surface area (Å²) in [7, 11) is 0. The summed E-state index contributed by atoms with van der Waals surface area (Å²) in [5.74, 6) is 2.31. The van der Waals surface area contributed by atoms with Gasteiger partial charge in [0, 0.05) is 18.5 Å². The van der Waals surface area contributed by atoms with Crippen LogP contribution in [0.5, 0.6) is 0 Å². The number of guanidine groups is 1. The zero-order valence-corrected chi connectivity index (χ0v) is 18.8. The van der Waals surface area contributed by atoms with Crippen LogP contribution in [-0.2, 0) is 18.4 Å². The van der Waals surface area contributed by atoms with Gasteiger partial charge in [-0.25, -0.2) is 9.98 Å². The molecule has 1 aromatic carbocycles. The fourth-order valence-electron chi connectivity index (χ4n) is 2.41. The van der Waals surface area contributed by atoms with Crippen molar-refractivity contribution in [3.05, 3.63) is 53.2 Å². The van der Waals surface area contributed by atoms with Gasteiger partial charge in [-0.05, 0) is 25.8 Å². The van der Waals surface area contributed by atoms with E-state index in [1.807, 2.05) is 0 Å². The molecular formula is C20H31IN4O. The van der Waals surface area contributed by atoms with Gasteiger partial charge in [0.2, 0.25) is 5.89 Å². The molecule has 0 saturated heterocycles. The van der Waals surface area contributed by atoms with Crippen LogP contribution in [-0.4, -0.2) is 24.0 Å². The van der Waals surface area contributed by atoms with E-state index in [1.165, 1.54) is 11.1 Å². The molecule has 0 aliphatic carbocycles. The van der Waals surface area contributed by atoms with Gasteiger partial charge in [0.25, 0.3) is 0 Å². The average molecular weight is 470 g/mol. The second kappa shape index (κ2) is 10.5. The second-order valence-corrected chi connectivity index (χ2v) is 7.23. The average Bonchev–Trinajstić information content (AvgIpc) is 3.02. The minimum absolute atomic E-state index is 0. The number of nitrogens with one attached hydrogen (secondary N) is 2. The Morgan fingerprint density at radius 2 is 2.00 bits per heavy atom. The molecule has 0 unspecified atom stereocenters. The lowest BCUT2D eigenvalue weighted by Crippen LogP contribution is -2.38. The summed E-state index contributed by atoms with van der Waals surface area (Å²) in [6, 6.07) is 8.58. The first kappa shape index (κ1) is 22.5. The fraction of sp³-hybridized carbons (Fsp3) is 0.500. The maximum absolute atomic E-state index is 5.79. The molecule has 0 fully saturated rings. The van der Waals surface area contributed by atoms with Crippen molar-refractivity contribution in [1.82, 2.24) is 15.6 Å². The number of rotatable bonds is 6. The van der Waals surface area contributed by atoms with Gasteiger partial charge in [-0.15, -0.1) is 24.0 Å². The first-order chi connectivity index (χ1) is 11.9. The molecule has 2 aromatic rings. The van der Waals surface area contributed by atoms with Crippen LogP contribution in [0.2, 0.25) is 0 Å². The smallest absolute Gasteiger partial charge is 0.216 e. The molecule has 0 bridgehead atoms. The molecule has 1 heterocycles. The first-order valence-corrected chi connectivity index (χ1v) is 8.91. The van der Waals surface area contributed by atoms with E-state index in [9.17, 15) is 0 Å². The Bertz CT molecular complexity index is 704. The van der Waals surface area contributed by atoms with Gasteiger partial charge in [-0.3, -0.25) is 0 Å². The SMILES string of the molecule is CCNC(=NCc1ncc(C(C)(C)C)o1)NCCc1cccc(C)c1.I. The van der Waals surface area contributed by atoms with Gasteiger partial charge in [0.1, 0.15) is 12.3 Å². The van der Waals surface area contributed by atoms with Crippen molar-refractivity contribution in [2.45, 2.75) is 53.0 Å². The lowest BCUT2D eigenvalue weighted by molar-refractivity contribution is 0.383. The van der Waals surface area contributed by atoms with E-state index >= 15 is 0 Å². The molecule has 2 rings (SSSR count). The molecule has 2 N–H and O–H groups in total. The highest BCUT2D eigenvalue weighted by Gasteiger charge is 2.18. The van der Waals surface area contributed by atoms with E-state index in [0.29, 0.717) is 12.4 Å². The normalized spacial score (nSPS) is 11.8. The van der Waals surface area contributed by atoms with E-state index in [0.717, 1.165) is 31.2 Å². The highest BCUT2D eigenvalue weighted by Crippen LogP contribution is 2.22. The zero-order chi connectivity index (χ0) is 18.3. The highest BCUT2D eigenvalue weighted by atomic mass is 127. The summed E-state index contributed by atoms with van der Waals surface area (Å²) in [6.07, 6.45) is 2.75. The Morgan fingerprint density at radius 3 is 2.62 bits per heavy atom. The molecule has 0 aliphatic rings. The van der Waals surface area contributed by atoms with E-state index in [-0.39, 0.29) is 29.4 Å². The molecule has 144 valence electrons. The molecule has 0 radical (unpaired) electrons. The lowest BCUT2D eigenvalue weighted by atomic mass is 9.94. The van der Waals surface area contributed by atoms with Gasteiger partial charge in [-0.2, -0.15) is 0 Å². The number of nitrogens with zero attached hydrogens (tertiary/aromatic N) is 2. The molecule has 1 aromatic heterocycles. The standard InChI is InChI=1S/C20H30N4O.HI/c1-6-21-19(22-11-10-16-9-7-8-15(2)12-16)24-14-18-23-13-17(25-18)20(3,4)5;/h7-9,12-13H,6,10-11,14H2,1-5H3,(H2,21,22,24);1H. The third kappa shape index (κ3) is 7.35. The largest absolute Gasteiger partial charge is 0.443 e. The van der Waals surface area contributed by atoms with Crippen molar-refractivity contribution in [1.29, 1.82) is 0 Å². The predicted octanol–water partition coefficient (Wildman–Crippen LogP) is 4.20. The van der Waals surface area contributed by atoms with E-state index in [4.69, 9.17) is 4.42 Å². The number of aryl methyl sites for hydroxylation is 1. The Morgan fingerprint density at radius 1 is 1.23 bits per heavy atom. The number of hydrogen-bond donors (Lipinski definition) is 2. The molecule has 0 aliphatic heterocycles. The number of aliphatic imine (C=N–C) groups is 1. The Labute approximate surface area is 174 Å². The van der Waals surface area contributed by atoms with Gasteiger partial charge in [0.05, 0.1) is 6.20 Å². The third-order valence-corrected chi connectivity index (χ3v) is 3.80. The van der Waals surface area contributed by atoms with Crippen LogP contribution in [0.1, 0.15) is 50.5 Å². The third-order valence-electron chi connectivity index (χ3n) is 3.80. The van der Waals surface area contributed by atoms with Crippen molar-refractivity contribution in [2.75, 3.05) is 13.1 Å². The molecule has 0 atom stereocenters. The van der Waals surface area contributed by atoms with Crippen molar-refractivity contribution in [3.8, 4) is 0 Å². The van der Waals surface area contributed by atoms with Crippen molar-refractivity contribution < 1.29 is 4.42 Å². The van der Waals surface area contributed by atoms with Crippen LogP contribution in [0, 0.1) is 6.92 Å². The quantitative estimate of drug-likeness (QED) is 0.378. The Kier molecular flexibility index (Phi) is 9.12. The molecule has 0 spiro atoms. The number of hydrogen-bond acceptors (Lipinski definition) is 3. The van der Waals surface area contributed by atoms with Crippen molar-refractivity contribution in [2.24, 2.45) is 4.99 Å². The minimum Gasteiger partial charge on any atom is -0.443 e. The van der Waals surface area contributed by atoms with E-state index in [2.05, 4.69) is 79.5 Å². The number of halogens is 1. The molecule has 0 amide bonds. The predicted molar refractivity (Wildman–Crippen MR) is 118 cm³/mol. The van der Waals surface area contributed by atoms with Crippen LogP contribution in [0.25, 0.3) is 0 Å². The van der Waals surface area contributed by atoms with Gasteiger partial charge < -0.3 is 15.1 Å². The Hall–Kier alpha value is -1.57. The molecule has 0 saturated carbocycles. The molecule has 26 heavy (non-hydrogen) atoms. The number of benzene rings is 1. The maximum atomic E-state index is 5.79. The van der Waals surface area contributed by atoms with Crippen molar-refractivity contribution >= 4 is 29.9 Å². The zero-order valence-electron chi connectivity index (χ0n) is 16.4. The maximum Gasteiger partial charge on any atom is 0.216 e. The summed E-state index contributed by atoms with van der Waals surface area (Å²) in [6.45, 7) is 12.6. The van der Waals surface area contributed by atoms with Crippen LogP contribution in [0.3, 0.4) is 0 Å². The van der Waals surface area contributed by atoms with Gasteiger partial charge in [0.15, 0.2) is 5.96 Å². The van der Waals surface area contributed by atoms with Crippen LogP contribution < -0.4 is 10.6 Å². The van der Waals surface area contributed by atoms with Crippen molar-refractivity contribution in [3.63, 3.8) is 0 Å². The summed E-state index contributed by atoms with van der Waals surface area (Å²) in [4.78, 5) is 8.89. The second-order valence-electron chi connectivity index (χ2n) is 7.23. The topological polar surface area (TPSA) is 62.5 Å². The molecule has 5 nitrogen and oxygen atoms in total. The number of aromatic nitrogens is 1. The van der Waals surface area contributed by atoms with Crippen LogP contribution >= 0.6 is 24.0 Å². The van der Waals surface area contributed by atoms with E-state index in [1.54, 1.807) is 6.20 Å².